The van der Waals surface area contributed by atoms with Crippen LogP contribution in [-0.4, -0.2) is 40.5 Å². The minimum Gasteiger partial charge on any atom is -0.389 e. The van der Waals surface area contributed by atoms with E-state index >= 15 is 0 Å². The molecule has 1 aromatic rings. The van der Waals surface area contributed by atoms with Crippen molar-refractivity contribution in [3.8, 4) is 0 Å². The zero-order chi connectivity index (χ0) is 10.1. The van der Waals surface area contributed by atoms with Crippen LogP contribution in [0, 0.1) is 5.82 Å². The van der Waals surface area contributed by atoms with E-state index in [0.717, 1.165) is 6.20 Å². The van der Waals surface area contributed by atoms with E-state index in [1.807, 2.05) is 0 Å². The molecule has 2 N–H and O–H groups in total. The maximum Gasteiger partial charge on any atom is 0.141 e. The Morgan fingerprint density at radius 1 is 1.29 bits per heavy atom. The summed E-state index contributed by atoms with van der Waals surface area (Å²) in [5.41, 5.74) is 0. The molecule has 14 heavy (non-hydrogen) atoms. The molecule has 0 radical (unpaired) electrons. The number of nitrogens with zero attached hydrogens (tertiary/aromatic N) is 2. The van der Waals surface area contributed by atoms with Gasteiger partial charge in [0, 0.05) is 13.1 Å². The predicted molar refractivity (Wildman–Crippen MR) is 48.4 cm³/mol. The van der Waals surface area contributed by atoms with Crippen LogP contribution in [-0.2, 0) is 0 Å². The lowest BCUT2D eigenvalue weighted by molar-refractivity contribution is 0.0572. The fourth-order valence-corrected chi connectivity index (χ4v) is 1.51. The van der Waals surface area contributed by atoms with Crippen LogP contribution in [0.5, 0.6) is 0 Å². The zero-order valence-electron chi connectivity index (χ0n) is 7.47. The van der Waals surface area contributed by atoms with Crippen molar-refractivity contribution in [2.75, 3.05) is 18.0 Å². The van der Waals surface area contributed by atoms with Gasteiger partial charge < -0.3 is 15.1 Å². The monoisotopic (exact) mass is 198 g/mol. The largest absolute Gasteiger partial charge is 0.389 e. The number of rotatable bonds is 1. The Hall–Kier alpha value is -1.20. The van der Waals surface area contributed by atoms with Gasteiger partial charge in [-0.3, -0.25) is 0 Å². The van der Waals surface area contributed by atoms with Crippen molar-refractivity contribution in [3.63, 3.8) is 0 Å². The molecule has 1 aliphatic heterocycles. The predicted octanol–water partition coefficient (Wildman–Crippen LogP) is -0.237. The molecule has 1 aromatic heterocycles. The van der Waals surface area contributed by atoms with E-state index in [1.165, 1.54) is 12.1 Å². The first-order chi connectivity index (χ1) is 6.66. The van der Waals surface area contributed by atoms with Crippen molar-refractivity contribution in [2.45, 2.75) is 12.2 Å². The lowest BCUT2D eigenvalue weighted by Gasteiger charge is -2.15. The molecule has 0 saturated carbocycles. The summed E-state index contributed by atoms with van der Waals surface area (Å²) in [6.45, 7) is 0.666. The lowest BCUT2D eigenvalue weighted by Crippen LogP contribution is -2.22. The smallest absolute Gasteiger partial charge is 0.141 e. The fraction of sp³-hybridized carbons (Fsp3) is 0.444. The minimum absolute atomic E-state index is 0.333. The van der Waals surface area contributed by atoms with Crippen LogP contribution in [0.2, 0.25) is 0 Å². The molecule has 2 unspecified atom stereocenters. The van der Waals surface area contributed by atoms with Gasteiger partial charge in [0.1, 0.15) is 11.6 Å². The van der Waals surface area contributed by atoms with Gasteiger partial charge in [0.05, 0.1) is 18.4 Å². The SMILES string of the molecule is OC1CN(c2ccc(F)cn2)CC1O. The maximum absolute atomic E-state index is 12.5. The molecule has 1 aliphatic rings. The van der Waals surface area contributed by atoms with Gasteiger partial charge in [-0.1, -0.05) is 0 Å². The molecule has 0 bridgehead atoms. The Labute approximate surface area is 80.6 Å². The van der Waals surface area contributed by atoms with Gasteiger partial charge >= 0.3 is 0 Å². The summed E-state index contributed by atoms with van der Waals surface area (Å²) in [6.07, 6.45) is -0.379. The molecule has 0 aromatic carbocycles. The quantitative estimate of drug-likeness (QED) is 0.654. The van der Waals surface area contributed by atoms with Crippen LogP contribution in [0.3, 0.4) is 0 Å². The summed E-state index contributed by atoms with van der Waals surface area (Å²) in [7, 11) is 0. The Bertz CT molecular complexity index is 307. The van der Waals surface area contributed by atoms with Crippen molar-refractivity contribution in [1.29, 1.82) is 0 Å². The molecule has 0 aliphatic carbocycles. The number of anilines is 1. The highest BCUT2D eigenvalue weighted by molar-refractivity contribution is 5.40. The number of aromatic nitrogens is 1. The molecule has 2 atom stereocenters. The van der Waals surface area contributed by atoms with Crippen molar-refractivity contribution in [2.24, 2.45) is 0 Å². The van der Waals surface area contributed by atoms with Gasteiger partial charge in [-0.15, -0.1) is 0 Å². The molecular formula is C9H11FN2O2. The second-order valence-corrected chi connectivity index (χ2v) is 3.37. The third kappa shape index (κ3) is 1.69. The van der Waals surface area contributed by atoms with Crippen molar-refractivity contribution < 1.29 is 14.6 Å². The Kier molecular flexibility index (Phi) is 2.35. The summed E-state index contributed by atoms with van der Waals surface area (Å²) in [5.74, 6) is 0.177. The third-order valence-electron chi connectivity index (χ3n) is 2.29. The number of aliphatic hydroxyl groups is 2. The highest BCUT2D eigenvalue weighted by Gasteiger charge is 2.30. The summed E-state index contributed by atoms with van der Waals surface area (Å²) >= 11 is 0. The zero-order valence-corrected chi connectivity index (χ0v) is 7.47. The van der Waals surface area contributed by atoms with Crippen molar-refractivity contribution in [1.82, 2.24) is 4.98 Å². The first kappa shape index (κ1) is 9.36. The maximum atomic E-state index is 12.5. The molecular weight excluding hydrogens is 187 g/mol. The van der Waals surface area contributed by atoms with E-state index in [1.54, 1.807) is 4.90 Å². The second kappa shape index (κ2) is 3.51. The average Bonchev–Trinajstić information content (AvgIpc) is 2.48. The first-order valence-electron chi connectivity index (χ1n) is 4.39. The average molecular weight is 198 g/mol. The van der Waals surface area contributed by atoms with Crippen LogP contribution < -0.4 is 4.90 Å². The summed E-state index contributed by atoms with van der Waals surface area (Å²) in [4.78, 5) is 5.57. The first-order valence-corrected chi connectivity index (χ1v) is 4.39. The van der Waals surface area contributed by atoms with Gasteiger partial charge in [0.15, 0.2) is 0 Å². The van der Waals surface area contributed by atoms with Gasteiger partial charge in [-0.2, -0.15) is 0 Å². The fourth-order valence-electron chi connectivity index (χ4n) is 1.51. The van der Waals surface area contributed by atoms with Crippen LogP contribution in [0.4, 0.5) is 10.2 Å². The van der Waals surface area contributed by atoms with Crippen LogP contribution in [0.15, 0.2) is 18.3 Å². The Morgan fingerprint density at radius 2 is 1.93 bits per heavy atom. The topological polar surface area (TPSA) is 56.6 Å². The number of halogens is 1. The standard InChI is InChI=1S/C9H11FN2O2/c10-6-1-2-9(11-3-6)12-4-7(13)8(14)5-12/h1-3,7-8,13-14H,4-5H2. The Morgan fingerprint density at radius 3 is 2.43 bits per heavy atom. The lowest BCUT2D eigenvalue weighted by atomic mass is 10.3. The van der Waals surface area contributed by atoms with Gasteiger partial charge in [-0.05, 0) is 12.1 Å². The number of hydrogen-bond donors (Lipinski definition) is 2. The van der Waals surface area contributed by atoms with E-state index in [-0.39, 0.29) is 0 Å². The summed E-state index contributed by atoms with van der Waals surface area (Å²) in [6, 6.07) is 2.83. The Balaban J connectivity index is 2.13. The molecule has 1 saturated heterocycles. The van der Waals surface area contributed by atoms with Gasteiger partial charge in [0.25, 0.3) is 0 Å². The van der Waals surface area contributed by atoms with Crippen LogP contribution in [0.1, 0.15) is 0 Å². The molecule has 5 heteroatoms. The van der Waals surface area contributed by atoms with Crippen molar-refractivity contribution in [3.05, 3.63) is 24.1 Å². The third-order valence-corrected chi connectivity index (χ3v) is 2.29. The number of pyridine rings is 1. The normalized spacial score (nSPS) is 26.9. The molecule has 76 valence electrons. The number of β-amino-alcohol motifs (C(OH)–C–C–N with tert-alkyl or cyclic N) is 2. The van der Waals surface area contributed by atoms with Crippen molar-refractivity contribution >= 4 is 5.82 Å². The summed E-state index contributed by atoms with van der Waals surface area (Å²) in [5, 5.41) is 18.6. The molecule has 1 fully saturated rings. The summed E-state index contributed by atoms with van der Waals surface area (Å²) < 4.78 is 12.5. The minimum atomic E-state index is -0.748. The van der Waals surface area contributed by atoms with E-state index < -0.39 is 18.0 Å². The molecule has 0 spiro atoms. The van der Waals surface area contributed by atoms with E-state index in [2.05, 4.69) is 4.98 Å². The molecule has 2 rings (SSSR count). The van der Waals surface area contributed by atoms with E-state index in [4.69, 9.17) is 0 Å². The van der Waals surface area contributed by atoms with E-state index in [9.17, 15) is 14.6 Å². The second-order valence-electron chi connectivity index (χ2n) is 3.37. The van der Waals surface area contributed by atoms with Gasteiger partial charge in [-0.25, -0.2) is 9.37 Å². The van der Waals surface area contributed by atoms with Crippen LogP contribution in [0.25, 0.3) is 0 Å². The number of hydrogen-bond acceptors (Lipinski definition) is 4. The number of aliphatic hydroxyl groups excluding tert-OH is 2. The highest BCUT2D eigenvalue weighted by atomic mass is 19.1. The molecule has 2 heterocycles. The molecule has 0 amide bonds. The van der Waals surface area contributed by atoms with Crippen LogP contribution >= 0.6 is 0 Å². The highest BCUT2D eigenvalue weighted by Crippen LogP contribution is 2.18. The van der Waals surface area contributed by atoms with Gasteiger partial charge in [0.2, 0.25) is 0 Å². The molecule has 4 nitrogen and oxygen atoms in total. The van der Waals surface area contributed by atoms with E-state index in [0.29, 0.717) is 18.9 Å².